The van der Waals surface area contributed by atoms with Gasteiger partial charge in [-0.25, -0.2) is 8.42 Å². The molecule has 34 heavy (non-hydrogen) atoms. The van der Waals surface area contributed by atoms with Gasteiger partial charge in [-0.15, -0.1) is 5.10 Å². The van der Waals surface area contributed by atoms with Gasteiger partial charge >= 0.3 is 0 Å². The molecule has 0 atom stereocenters. The molecule has 0 radical (unpaired) electrons. The van der Waals surface area contributed by atoms with Crippen LogP contribution >= 0.6 is 0 Å². The summed E-state index contributed by atoms with van der Waals surface area (Å²) in [5, 5.41) is 8.31. The van der Waals surface area contributed by atoms with Crippen molar-refractivity contribution >= 4 is 32.1 Å². The molecule has 1 saturated heterocycles. The number of likely N-dealkylation sites (N-methyl/N-ethyl adjacent to an activating group) is 1. The molecule has 4 aromatic rings. The summed E-state index contributed by atoms with van der Waals surface area (Å²) in [7, 11) is -1.87. The van der Waals surface area contributed by atoms with E-state index in [1.807, 2.05) is 19.1 Å². The molecule has 10 heteroatoms. The Kier molecular flexibility index (Phi) is 5.07. The van der Waals surface area contributed by atoms with Crippen LogP contribution in [0, 0.1) is 13.8 Å². The Balaban J connectivity index is 1.67. The fourth-order valence-electron chi connectivity index (χ4n) is 4.65. The highest BCUT2D eigenvalue weighted by Crippen LogP contribution is 2.29. The van der Waals surface area contributed by atoms with E-state index in [1.54, 1.807) is 31.2 Å². The zero-order chi connectivity index (χ0) is 24.4. The first-order valence-electron chi connectivity index (χ1n) is 11.2. The Morgan fingerprint density at radius 2 is 1.82 bits per heavy atom. The minimum atomic E-state index is -3.99. The molecular weight excluding hydrogens is 452 g/mol. The number of aryl methyl sites for hydroxylation is 2. The van der Waals surface area contributed by atoms with Crippen LogP contribution < -0.4 is 10.5 Å². The lowest BCUT2D eigenvalue weighted by atomic mass is 9.99. The number of hydrogen-bond donors (Lipinski definition) is 1. The molecule has 0 amide bonds. The molecule has 2 aromatic heterocycles. The van der Waals surface area contributed by atoms with E-state index in [9.17, 15) is 13.2 Å². The average Bonchev–Trinajstić information content (AvgIpc) is 3.20. The van der Waals surface area contributed by atoms with Crippen LogP contribution in [0.25, 0.3) is 16.6 Å². The molecule has 9 nitrogen and oxygen atoms in total. The van der Waals surface area contributed by atoms with E-state index in [-0.39, 0.29) is 26.7 Å². The van der Waals surface area contributed by atoms with E-state index in [2.05, 4.69) is 46.0 Å². The number of rotatable bonds is 3. The van der Waals surface area contributed by atoms with Crippen LogP contribution in [-0.4, -0.2) is 65.4 Å². The lowest BCUT2D eigenvalue weighted by molar-refractivity contribution is 0.139. The summed E-state index contributed by atoms with van der Waals surface area (Å²) in [6, 6.07) is 10.7. The number of sulfone groups is 1. The summed E-state index contributed by atoms with van der Waals surface area (Å²) in [5.41, 5.74) is 2.72. The first-order chi connectivity index (χ1) is 16.0. The van der Waals surface area contributed by atoms with Crippen molar-refractivity contribution in [3.63, 3.8) is 0 Å². The molecule has 1 aliphatic heterocycles. The van der Waals surface area contributed by atoms with Gasteiger partial charge in [0.15, 0.2) is 5.65 Å². The molecule has 0 spiro atoms. The molecule has 0 bridgehead atoms. The quantitative estimate of drug-likeness (QED) is 0.481. The van der Waals surface area contributed by atoms with Crippen molar-refractivity contribution in [2.24, 2.45) is 0 Å². The highest BCUT2D eigenvalue weighted by atomic mass is 32.2. The smallest absolute Gasteiger partial charge is 0.259 e. The van der Waals surface area contributed by atoms with Crippen molar-refractivity contribution in [3.8, 4) is 0 Å². The van der Waals surface area contributed by atoms with E-state index in [0.29, 0.717) is 16.5 Å². The zero-order valence-electron chi connectivity index (χ0n) is 20.0. The van der Waals surface area contributed by atoms with Gasteiger partial charge in [-0.2, -0.15) is 4.52 Å². The van der Waals surface area contributed by atoms with Gasteiger partial charge in [0.2, 0.25) is 14.9 Å². The van der Waals surface area contributed by atoms with Gasteiger partial charge in [0.1, 0.15) is 0 Å². The van der Waals surface area contributed by atoms with Crippen molar-refractivity contribution in [2.45, 2.75) is 43.2 Å². The van der Waals surface area contributed by atoms with Crippen LogP contribution in [0.4, 0.5) is 5.69 Å². The molecule has 1 aliphatic rings. The summed E-state index contributed by atoms with van der Waals surface area (Å²) >= 11 is 0. The number of fused-ring (bicyclic) bond motifs is 3. The summed E-state index contributed by atoms with van der Waals surface area (Å²) in [6.07, 6.45) is 0. The Morgan fingerprint density at radius 1 is 1.06 bits per heavy atom. The Labute approximate surface area is 197 Å². The number of aromatic amines is 1. The number of nitrogens with zero attached hydrogens (tertiary/aromatic N) is 5. The minimum Gasteiger partial charge on any atom is -0.368 e. The molecule has 1 fully saturated rings. The van der Waals surface area contributed by atoms with E-state index in [0.717, 1.165) is 30.9 Å². The molecule has 5 rings (SSSR count). The van der Waals surface area contributed by atoms with Crippen molar-refractivity contribution in [1.82, 2.24) is 24.7 Å². The van der Waals surface area contributed by atoms with Crippen LogP contribution in [0.5, 0.6) is 0 Å². The van der Waals surface area contributed by atoms with Crippen LogP contribution in [0.3, 0.4) is 0 Å². The Hall–Kier alpha value is -3.24. The summed E-state index contributed by atoms with van der Waals surface area (Å²) in [4.78, 5) is 20.4. The molecule has 178 valence electrons. The number of aromatic nitrogens is 4. The maximum atomic E-state index is 13.5. The SMILES string of the molecule is Cc1ccc(S(=O)(=O)c2nnn3c2[nH]c(=O)c2ccc(N4CCN(C)C(C)(C)C4)cc23)c(C)c1. The molecule has 0 aliphatic carbocycles. The molecule has 0 saturated carbocycles. The van der Waals surface area contributed by atoms with Crippen LogP contribution in [0.15, 0.2) is 51.1 Å². The van der Waals surface area contributed by atoms with E-state index >= 15 is 0 Å². The Morgan fingerprint density at radius 3 is 2.53 bits per heavy atom. The number of anilines is 1. The third kappa shape index (κ3) is 3.48. The normalized spacial score (nSPS) is 17.0. The highest BCUT2D eigenvalue weighted by molar-refractivity contribution is 7.91. The number of nitrogens with one attached hydrogen (secondary N) is 1. The van der Waals surface area contributed by atoms with Gasteiger partial charge in [0.25, 0.3) is 5.56 Å². The highest BCUT2D eigenvalue weighted by Gasteiger charge is 2.32. The second-order valence-corrected chi connectivity index (χ2v) is 11.6. The van der Waals surface area contributed by atoms with Gasteiger partial charge in [0.05, 0.1) is 15.8 Å². The molecule has 0 unspecified atom stereocenters. The maximum absolute atomic E-state index is 13.5. The Bertz CT molecular complexity index is 1600. The van der Waals surface area contributed by atoms with Gasteiger partial charge in [-0.3, -0.25) is 9.69 Å². The largest absolute Gasteiger partial charge is 0.368 e. The van der Waals surface area contributed by atoms with Crippen LogP contribution in [0.1, 0.15) is 25.0 Å². The second-order valence-electron chi connectivity index (χ2n) is 9.74. The lowest BCUT2D eigenvalue weighted by Crippen LogP contribution is -2.57. The van der Waals surface area contributed by atoms with Crippen LogP contribution in [-0.2, 0) is 9.84 Å². The first-order valence-corrected chi connectivity index (χ1v) is 12.7. The lowest BCUT2D eigenvalue weighted by Gasteiger charge is -2.46. The van der Waals surface area contributed by atoms with E-state index in [1.165, 1.54) is 4.52 Å². The van der Waals surface area contributed by atoms with Gasteiger partial charge in [-0.05, 0) is 64.6 Å². The van der Waals surface area contributed by atoms with Gasteiger partial charge < -0.3 is 9.88 Å². The average molecular weight is 481 g/mol. The standard InChI is InChI=1S/C24H28N6O3S/c1-15-6-9-20(16(2)12-15)34(32,33)23-21-25-22(31)18-8-7-17(13-19(18)30(21)27-26-23)29-11-10-28(5)24(3,4)14-29/h6-9,12-13H,10-11,14H2,1-5H3,(H,25,31). The number of H-pyrrole nitrogens is 1. The maximum Gasteiger partial charge on any atom is 0.259 e. The number of benzene rings is 2. The van der Waals surface area contributed by atoms with Gasteiger partial charge in [0, 0.05) is 30.9 Å². The van der Waals surface area contributed by atoms with E-state index < -0.39 is 9.84 Å². The third-order valence-electron chi connectivity index (χ3n) is 6.88. The summed E-state index contributed by atoms with van der Waals surface area (Å²) in [5.74, 6) is 0. The van der Waals surface area contributed by atoms with Crippen LogP contribution in [0.2, 0.25) is 0 Å². The molecular formula is C24H28N6O3S. The minimum absolute atomic E-state index is 0.00289. The van der Waals surface area contributed by atoms with E-state index in [4.69, 9.17) is 0 Å². The second kappa shape index (κ2) is 7.64. The molecule has 2 aromatic carbocycles. The van der Waals surface area contributed by atoms with Crippen molar-refractivity contribution < 1.29 is 8.42 Å². The number of hydrogen-bond acceptors (Lipinski definition) is 7. The van der Waals surface area contributed by atoms with Crippen molar-refractivity contribution in [1.29, 1.82) is 0 Å². The molecule has 3 heterocycles. The zero-order valence-corrected chi connectivity index (χ0v) is 20.8. The predicted molar refractivity (Wildman–Crippen MR) is 131 cm³/mol. The summed E-state index contributed by atoms with van der Waals surface area (Å²) < 4.78 is 28.3. The topological polar surface area (TPSA) is 104 Å². The van der Waals surface area contributed by atoms with Gasteiger partial charge in [-0.1, -0.05) is 22.9 Å². The third-order valence-corrected chi connectivity index (χ3v) is 8.70. The first kappa shape index (κ1) is 22.5. The van der Waals surface area contributed by atoms with Crippen molar-refractivity contribution in [3.05, 3.63) is 57.9 Å². The van der Waals surface area contributed by atoms with Crippen molar-refractivity contribution in [2.75, 3.05) is 31.6 Å². The monoisotopic (exact) mass is 480 g/mol. The fraction of sp³-hybridized carbons (Fsp3) is 0.375. The number of piperazine rings is 1. The fourth-order valence-corrected chi connectivity index (χ4v) is 6.12. The predicted octanol–water partition coefficient (Wildman–Crippen LogP) is 2.55. The summed E-state index contributed by atoms with van der Waals surface area (Å²) in [6.45, 7) is 10.6. The molecule has 1 N–H and O–H groups in total.